The third-order valence-electron chi connectivity index (χ3n) is 5.38. The Labute approximate surface area is 193 Å². The molecule has 1 fully saturated rings. The Balaban J connectivity index is 1.74. The van der Waals surface area contributed by atoms with Crippen molar-refractivity contribution >= 4 is 38.8 Å². The largest absolute Gasteiger partial charge is 0.497 e. The van der Waals surface area contributed by atoms with Crippen molar-refractivity contribution in [2.75, 3.05) is 52.0 Å². The molecule has 0 bridgehead atoms. The van der Waals surface area contributed by atoms with E-state index in [1.165, 1.54) is 17.4 Å². The number of thiazole rings is 1. The minimum Gasteiger partial charge on any atom is -0.497 e. The average molecular weight is 473 g/mol. The van der Waals surface area contributed by atoms with Gasteiger partial charge in [0.25, 0.3) is 11.6 Å². The lowest BCUT2D eigenvalue weighted by atomic mass is 10.1. The first kappa shape index (κ1) is 22.9. The Morgan fingerprint density at radius 1 is 1.21 bits per heavy atom. The monoisotopic (exact) mass is 472 g/mol. The van der Waals surface area contributed by atoms with Crippen molar-refractivity contribution in [2.24, 2.45) is 4.99 Å². The van der Waals surface area contributed by atoms with Gasteiger partial charge >= 0.3 is 0 Å². The summed E-state index contributed by atoms with van der Waals surface area (Å²) in [4.78, 5) is 31.0. The molecule has 1 aliphatic heterocycles. The van der Waals surface area contributed by atoms with Crippen molar-refractivity contribution in [1.29, 1.82) is 0 Å². The second-order valence-corrected chi connectivity index (χ2v) is 8.35. The number of hydrogen-bond donors (Lipinski definition) is 0. The number of nitro benzene ring substituents is 1. The number of carbonyl (C=O) groups is 1. The van der Waals surface area contributed by atoms with Gasteiger partial charge in [-0.05, 0) is 30.3 Å². The topological polar surface area (TPSA) is 108 Å². The molecule has 174 valence electrons. The number of morpholine rings is 1. The fourth-order valence-electron chi connectivity index (χ4n) is 3.69. The number of benzene rings is 2. The van der Waals surface area contributed by atoms with E-state index in [4.69, 9.17) is 14.2 Å². The van der Waals surface area contributed by atoms with E-state index in [1.807, 2.05) is 27.7 Å². The number of aromatic nitrogens is 1. The van der Waals surface area contributed by atoms with E-state index < -0.39 is 10.8 Å². The number of amides is 1. The highest BCUT2D eigenvalue weighted by Crippen LogP contribution is 2.30. The zero-order valence-electron chi connectivity index (χ0n) is 18.4. The highest BCUT2D eigenvalue weighted by Gasteiger charge is 2.23. The summed E-state index contributed by atoms with van der Waals surface area (Å²) in [6, 6.07) is 10.1. The van der Waals surface area contributed by atoms with Gasteiger partial charge in [0.1, 0.15) is 11.4 Å². The molecule has 2 heterocycles. The normalized spacial score (nSPS) is 14.6. The second kappa shape index (κ2) is 10.1. The lowest BCUT2D eigenvalue weighted by Gasteiger charge is -2.28. The Morgan fingerprint density at radius 2 is 2.00 bits per heavy atom. The quantitative estimate of drug-likeness (QED) is 0.384. The van der Waals surface area contributed by atoms with Crippen LogP contribution in [0.4, 0.5) is 11.4 Å². The Hall–Kier alpha value is -3.28. The van der Waals surface area contributed by atoms with Gasteiger partial charge in [0, 0.05) is 38.4 Å². The molecule has 2 aromatic carbocycles. The van der Waals surface area contributed by atoms with E-state index in [0.29, 0.717) is 55.7 Å². The van der Waals surface area contributed by atoms with Crippen LogP contribution in [0.2, 0.25) is 0 Å². The number of anilines is 1. The van der Waals surface area contributed by atoms with Gasteiger partial charge in [-0.2, -0.15) is 4.99 Å². The van der Waals surface area contributed by atoms with Crippen molar-refractivity contribution in [3.63, 3.8) is 0 Å². The Morgan fingerprint density at radius 3 is 2.70 bits per heavy atom. The molecule has 11 heteroatoms. The molecule has 1 aliphatic rings. The molecule has 0 atom stereocenters. The summed E-state index contributed by atoms with van der Waals surface area (Å²) in [7, 11) is 3.20. The first-order chi connectivity index (χ1) is 16.0. The van der Waals surface area contributed by atoms with Crippen LogP contribution in [0.15, 0.2) is 41.4 Å². The fourth-order valence-corrected chi connectivity index (χ4v) is 4.77. The number of rotatable bonds is 7. The van der Waals surface area contributed by atoms with Gasteiger partial charge in [-0.25, -0.2) is 0 Å². The third-order valence-corrected chi connectivity index (χ3v) is 6.42. The lowest BCUT2D eigenvalue weighted by Crippen LogP contribution is -2.36. The minimum absolute atomic E-state index is 0.119. The van der Waals surface area contributed by atoms with Crippen LogP contribution in [0.5, 0.6) is 5.75 Å². The Bertz CT molecular complexity index is 1250. The van der Waals surface area contributed by atoms with Crippen LogP contribution in [0.1, 0.15) is 10.4 Å². The maximum absolute atomic E-state index is 13.0. The molecule has 0 saturated carbocycles. The molecule has 1 amide bonds. The zero-order valence-corrected chi connectivity index (χ0v) is 19.2. The molecular weight excluding hydrogens is 448 g/mol. The third kappa shape index (κ3) is 4.90. The zero-order chi connectivity index (χ0) is 23.4. The maximum atomic E-state index is 13.0. The lowest BCUT2D eigenvalue weighted by molar-refractivity contribution is -0.384. The first-order valence-electron chi connectivity index (χ1n) is 10.4. The summed E-state index contributed by atoms with van der Waals surface area (Å²) in [6.45, 7) is 3.08. The van der Waals surface area contributed by atoms with E-state index in [2.05, 4.69) is 4.99 Å². The molecule has 0 aliphatic carbocycles. The van der Waals surface area contributed by atoms with Crippen LogP contribution in [0.25, 0.3) is 10.2 Å². The standard InChI is InChI=1S/C22H24N4O6S/c1-30-10-9-25-18-6-4-16(31-2)14-20(18)33-22(25)23-21(27)15-3-5-17(19(13-15)26(28)29)24-7-11-32-12-8-24/h3-6,13-14H,7-12H2,1-2H3. The van der Waals surface area contributed by atoms with E-state index in [-0.39, 0.29) is 11.3 Å². The van der Waals surface area contributed by atoms with Gasteiger partial charge in [-0.3, -0.25) is 14.9 Å². The van der Waals surface area contributed by atoms with Crippen LogP contribution < -0.4 is 14.4 Å². The van der Waals surface area contributed by atoms with Crippen LogP contribution in [-0.4, -0.2) is 62.5 Å². The van der Waals surface area contributed by atoms with Crippen molar-refractivity contribution < 1.29 is 23.9 Å². The number of hydrogen-bond acceptors (Lipinski definition) is 8. The second-order valence-electron chi connectivity index (χ2n) is 7.34. The van der Waals surface area contributed by atoms with E-state index in [0.717, 1.165) is 10.2 Å². The molecule has 1 aromatic heterocycles. The molecule has 10 nitrogen and oxygen atoms in total. The molecule has 1 saturated heterocycles. The van der Waals surface area contributed by atoms with Crippen LogP contribution >= 0.6 is 11.3 Å². The fraction of sp³-hybridized carbons (Fsp3) is 0.364. The van der Waals surface area contributed by atoms with E-state index in [1.54, 1.807) is 26.4 Å². The number of fused-ring (bicyclic) bond motifs is 1. The summed E-state index contributed by atoms with van der Waals surface area (Å²) in [5, 5.41) is 11.7. The van der Waals surface area contributed by atoms with Crippen LogP contribution in [-0.2, 0) is 16.0 Å². The summed E-state index contributed by atoms with van der Waals surface area (Å²) in [5.41, 5.74) is 1.42. The summed E-state index contributed by atoms with van der Waals surface area (Å²) in [5.74, 6) is 0.158. The maximum Gasteiger partial charge on any atom is 0.293 e. The smallest absolute Gasteiger partial charge is 0.293 e. The summed E-state index contributed by atoms with van der Waals surface area (Å²) in [6.07, 6.45) is 0. The number of ether oxygens (including phenoxy) is 3. The molecule has 3 aromatic rings. The molecule has 0 N–H and O–H groups in total. The van der Waals surface area contributed by atoms with Crippen LogP contribution in [0, 0.1) is 10.1 Å². The molecule has 0 spiro atoms. The minimum atomic E-state index is -0.545. The van der Waals surface area contributed by atoms with Gasteiger partial charge < -0.3 is 23.7 Å². The van der Waals surface area contributed by atoms with Crippen LogP contribution in [0.3, 0.4) is 0 Å². The van der Waals surface area contributed by atoms with E-state index >= 15 is 0 Å². The SMILES string of the molecule is COCCn1c(=NC(=O)c2ccc(N3CCOCC3)c([N+](=O)[O-])c2)sc2cc(OC)ccc21. The number of nitrogens with zero attached hydrogens (tertiary/aromatic N) is 4. The van der Waals surface area contributed by atoms with Crippen molar-refractivity contribution in [2.45, 2.75) is 6.54 Å². The molecule has 0 unspecified atom stereocenters. The number of methoxy groups -OCH3 is 2. The van der Waals surface area contributed by atoms with Gasteiger partial charge in [0.15, 0.2) is 4.80 Å². The predicted molar refractivity (Wildman–Crippen MR) is 124 cm³/mol. The van der Waals surface area contributed by atoms with Gasteiger partial charge in [0.05, 0.1) is 42.1 Å². The van der Waals surface area contributed by atoms with Crippen molar-refractivity contribution in [1.82, 2.24) is 4.57 Å². The number of carbonyl (C=O) groups excluding carboxylic acids is 1. The first-order valence-corrected chi connectivity index (χ1v) is 11.2. The highest BCUT2D eigenvalue weighted by atomic mass is 32.1. The molecule has 33 heavy (non-hydrogen) atoms. The number of nitro groups is 1. The van der Waals surface area contributed by atoms with E-state index in [9.17, 15) is 14.9 Å². The molecule has 0 radical (unpaired) electrons. The molecular formula is C22H24N4O6S. The average Bonchev–Trinajstić information content (AvgIpc) is 3.18. The van der Waals surface area contributed by atoms with Gasteiger partial charge in [-0.15, -0.1) is 0 Å². The van der Waals surface area contributed by atoms with Crippen molar-refractivity contribution in [3.8, 4) is 5.75 Å². The van der Waals surface area contributed by atoms with Gasteiger partial charge in [0.2, 0.25) is 0 Å². The summed E-state index contributed by atoms with van der Waals surface area (Å²) >= 11 is 1.35. The Kier molecular flexibility index (Phi) is 7.02. The molecule has 4 rings (SSSR count). The predicted octanol–water partition coefficient (Wildman–Crippen LogP) is 2.84. The van der Waals surface area contributed by atoms with Crippen molar-refractivity contribution in [3.05, 3.63) is 56.9 Å². The highest BCUT2D eigenvalue weighted by molar-refractivity contribution is 7.16. The summed E-state index contributed by atoms with van der Waals surface area (Å²) < 4.78 is 18.6. The van der Waals surface area contributed by atoms with Gasteiger partial charge in [-0.1, -0.05) is 11.3 Å².